The van der Waals surface area contributed by atoms with Crippen LogP contribution in [0.3, 0.4) is 0 Å². The van der Waals surface area contributed by atoms with E-state index in [1.54, 1.807) is 0 Å². The van der Waals surface area contributed by atoms with Crippen molar-refractivity contribution >= 4 is 11.8 Å². The Balaban J connectivity index is 4.15. The number of amides is 2. The molecule has 61 heavy (non-hydrogen) atoms. The largest absolute Gasteiger partial charge is 0.460 e. The highest BCUT2D eigenvalue weighted by Gasteiger charge is 2.90. The molecule has 0 saturated carbocycles. The minimum Gasteiger partial charge on any atom is -0.354 e. The normalized spacial score (nSPS) is 14.9. The SMILES string of the molecule is CC(NC(=O)CCCCCCCCCCC(F)(F)C(F)(F)C(F)(F)C(F)(F)C(F)(F)C(F)(F)F)C(=O)NCCCCCCCCCCCC(F)(F)C(F)(F)C(F)(F)C(F)(F)F. The summed E-state index contributed by atoms with van der Waals surface area (Å²) in [4.78, 5) is 24.3. The predicted molar refractivity (Wildman–Crippen MR) is 175 cm³/mol. The minimum absolute atomic E-state index is 0.00277. The molecule has 1 unspecified atom stereocenters. The molecule has 0 bridgehead atoms. The third-order valence-electron chi connectivity index (χ3n) is 9.59. The number of carbonyl (C=O) groups is 2. The van der Waals surface area contributed by atoms with Crippen LogP contribution in [0.1, 0.15) is 135 Å². The van der Waals surface area contributed by atoms with E-state index >= 15 is 0 Å². The average molecular weight is 947 g/mol. The van der Waals surface area contributed by atoms with Gasteiger partial charge in [0.2, 0.25) is 11.8 Å². The van der Waals surface area contributed by atoms with Crippen molar-refractivity contribution in [1.82, 2.24) is 10.6 Å². The molecule has 2 amide bonds. The Bertz CT molecular complexity index is 1320. The Hall–Kier alpha value is -2.60. The zero-order valence-corrected chi connectivity index (χ0v) is 32.6. The smallest absolute Gasteiger partial charge is 0.354 e. The number of rotatable bonds is 31. The van der Waals surface area contributed by atoms with Crippen LogP contribution in [0.5, 0.6) is 0 Å². The minimum atomic E-state index is -7.92. The summed E-state index contributed by atoms with van der Waals surface area (Å²) in [5, 5.41) is 5.09. The Morgan fingerprint density at radius 3 is 1.02 bits per heavy atom. The van der Waals surface area contributed by atoms with Crippen LogP contribution in [-0.2, 0) is 9.59 Å². The maximum absolute atomic E-state index is 13.8. The van der Waals surface area contributed by atoms with E-state index in [1.165, 1.54) is 6.92 Å². The predicted octanol–water partition coefficient (Wildman–Crippen LogP) is 13.6. The lowest BCUT2D eigenvalue weighted by Gasteiger charge is -2.39. The first kappa shape index (κ1) is 58.4. The van der Waals surface area contributed by atoms with E-state index in [0.717, 1.165) is 0 Å². The molecule has 1 atom stereocenters. The zero-order valence-electron chi connectivity index (χ0n) is 32.6. The number of nitrogens with one attached hydrogen (secondary N) is 2. The van der Waals surface area contributed by atoms with Gasteiger partial charge in [-0.3, -0.25) is 9.59 Å². The highest BCUT2D eigenvalue weighted by atomic mass is 19.4. The molecule has 2 N–H and O–H groups in total. The van der Waals surface area contributed by atoms with E-state index in [9.17, 15) is 106 Å². The molecule has 0 aromatic carbocycles. The summed E-state index contributed by atoms with van der Waals surface area (Å²) < 4.78 is 287. The molecule has 0 aromatic heterocycles. The standard InChI is InChI=1S/C35H48F22N2O2/c1-23(25(61)58-22-18-14-10-6-2-4-8-13-17-21-27(38,39)29(42,43)32(48,49)34(52,53)54)59-24(60)19-15-11-7-3-5-9-12-16-20-26(36,37)28(40,41)30(44,45)31(46,47)33(50,51)35(55,56)57/h23H,2-22H2,1H3,(H,58,61)(H,59,60). The number of carbonyl (C=O) groups excluding carboxylic acids is 2. The Labute approximate surface area is 336 Å². The van der Waals surface area contributed by atoms with Crippen LogP contribution >= 0.6 is 0 Å². The van der Waals surface area contributed by atoms with E-state index in [1.807, 2.05) is 0 Å². The number of halogens is 22. The zero-order chi connectivity index (χ0) is 48.0. The van der Waals surface area contributed by atoms with Gasteiger partial charge in [0.1, 0.15) is 6.04 Å². The van der Waals surface area contributed by atoms with Gasteiger partial charge >= 0.3 is 59.7 Å². The molecule has 0 fully saturated rings. The van der Waals surface area contributed by atoms with Crippen LogP contribution in [0.25, 0.3) is 0 Å². The second-order valence-corrected chi connectivity index (χ2v) is 14.7. The van der Waals surface area contributed by atoms with Crippen molar-refractivity contribution in [2.24, 2.45) is 0 Å². The second kappa shape index (κ2) is 22.8. The molecule has 0 aliphatic rings. The Kier molecular flexibility index (Phi) is 21.9. The van der Waals surface area contributed by atoms with Crippen molar-refractivity contribution in [2.45, 2.75) is 201 Å². The molecule has 0 aromatic rings. The van der Waals surface area contributed by atoms with Gasteiger partial charge in [-0.25, -0.2) is 0 Å². The van der Waals surface area contributed by atoms with Gasteiger partial charge in [0.05, 0.1) is 0 Å². The van der Waals surface area contributed by atoms with Crippen LogP contribution in [0.2, 0.25) is 0 Å². The molecule has 0 heterocycles. The van der Waals surface area contributed by atoms with Gasteiger partial charge < -0.3 is 10.6 Å². The van der Waals surface area contributed by atoms with Crippen LogP contribution in [-0.4, -0.2) is 84.1 Å². The van der Waals surface area contributed by atoms with E-state index in [-0.39, 0.29) is 45.1 Å². The van der Waals surface area contributed by atoms with Gasteiger partial charge in [-0.2, -0.15) is 96.6 Å². The molecule has 0 rings (SSSR count). The fourth-order valence-electron chi connectivity index (χ4n) is 5.67. The molecule has 364 valence electrons. The summed E-state index contributed by atoms with van der Waals surface area (Å²) in [5.74, 6) is -56.9. The van der Waals surface area contributed by atoms with Gasteiger partial charge in [-0.1, -0.05) is 83.5 Å². The van der Waals surface area contributed by atoms with Crippen molar-refractivity contribution in [3.8, 4) is 0 Å². The summed E-state index contributed by atoms with van der Waals surface area (Å²) in [6.07, 6.45) is -14.7. The number of unbranched alkanes of at least 4 members (excludes halogenated alkanes) is 15. The number of hydrogen-bond acceptors (Lipinski definition) is 2. The van der Waals surface area contributed by atoms with Crippen molar-refractivity contribution in [3.63, 3.8) is 0 Å². The van der Waals surface area contributed by atoms with Crippen LogP contribution in [0.4, 0.5) is 96.6 Å². The first-order chi connectivity index (χ1) is 27.4. The van der Waals surface area contributed by atoms with Gasteiger partial charge in [0.25, 0.3) is 0 Å². The molecule has 0 aliphatic carbocycles. The molecule has 4 nitrogen and oxygen atoms in total. The third-order valence-corrected chi connectivity index (χ3v) is 9.59. The lowest BCUT2D eigenvalue weighted by atomic mass is 9.91. The van der Waals surface area contributed by atoms with Gasteiger partial charge in [0, 0.05) is 25.8 Å². The summed E-state index contributed by atoms with van der Waals surface area (Å²) in [6, 6.07) is -0.907. The van der Waals surface area contributed by atoms with Gasteiger partial charge in [0.15, 0.2) is 0 Å². The van der Waals surface area contributed by atoms with Crippen molar-refractivity contribution in [2.75, 3.05) is 6.54 Å². The highest BCUT2D eigenvalue weighted by molar-refractivity contribution is 5.87. The van der Waals surface area contributed by atoms with Crippen LogP contribution in [0, 0.1) is 0 Å². The summed E-state index contributed by atoms with van der Waals surface area (Å²) in [5.41, 5.74) is 0. The second-order valence-electron chi connectivity index (χ2n) is 14.7. The lowest BCUT2D eigenvalue weighted by Crippen LogP contribution is -2.70. The van der Waals surface area contributed by atoms with Crippen LogP contribution < -0.4 is 10.6 Å². The molecule has 0 radical (unpaired) electrons. The quantitative estimate of drug-likeness (QED) is 0.0537. The Morgan fingerprint density at radius 1 is 0.377 bits per heavy atom. The first-order valence-electron chi connectivity index (χ1n) is 19.1. The van der Waals surface area contributed by atoms with Crippen molar-refractivity contribution in [1.29, 1.82) is 0 Å². The van der Waals surface area contributed by atoms with Crippen molar-refractivity contribution in [3.05, 3.63) is 0 Å². The maximum Gasteiger partial charge on any atom is 0.460 e. The monoisotopic (exact) mass is 946 g/mol. The van der Waals surface area contributed by atoms with Crippen molar-refractivity contribution < 1.29 is 106 Å². The van der Waals surface area contributed by atoms with E-state index in [0.29, 0.717) is 64.2 Å². The van der Waals surface area contributed by atoms with E-state index in [4.69, 9.17) is 0 Å². The summed E-state index contributed by atoms with van der Waals surface area (Å²) in [7, 11) is 0. The molecule has 0 aliphatic heterocycles. The third kappa shape index (κ3) is 15.3. The fraction of sp³-hybridized carbons (Fsp3) is 0.943. The Morgan fingerprint density at radius 2 is 0.656 bits per heavy atom. The fourth-order valence-corrected chi connectivity index (χ4v) is 5.67. The highest BCUT2D eigenvalue weighted by Crippen LogP contribution is 2.61. The number of alkyl halides is 22. The summed E-state index contributed by atoms with van der Waals surface area (Å²) >= 11 is 0. The van der Waals surface area contributed by atoms with Crippen LogP contribution in [0.15, 0.2) is 0 Å². The summed E-state index contributed by atoms with van der Waals surface area (Å²) in [6.45, 7) is 1.67. The molecule has 0 saturated heterocycles. The maximum atomic E-state index is 13.8. The number of hydrogen-bond donors (Lipinski definition) is 2. The van der Waals surface area contributed by atoms with E-state index in [2.05, 4.69) is 10.6 Å². The lowest BCUT2D eigenvalue weighted by molar-refractivity contribution is -0.440. The molecular formula is C35H48F22N2O2. The topological polar surface area (TPSA) is 58.2 Å². The molecule has 0 spiro atoms. The molecular weight excluding hydrogens is 898 g/mol. The first-order valence-corrected chi connectivity index (χ1v) is 19.1. The average Bonchev–Trinajstić information content (AvgIpc) is 3.11. The molecule has 26 heteroatoms. The van der Waals surface area contributed by atoms with Gasteiger partial charge in [-0.15, -0.1) is 0 Å². The van der Waals surface area contributed by atoms with E-state index < -0.39 is 103 Å². The van der Waals surface area contributed by atoms with Gasteiger partial charge in [-0.05, 0) is 32.6 Å².